The van der Waals surface area contributed by atoms with Crippen LogP contribution in [0.1, 0.15) is 39.5 Å². The Kier molecular flexibility index (Phi) is 6.68. The fraction of sp³-hybridized carbons (Fsp3) is 0.810. The van der Waals surface area contributed by atoms with Crippen molar-refractivity contribution in [3.05, 3.63) is 17.5 Å². The van der Waals surface area contributed by atoms with Crippen molar-refractivity contribution >= 4 is 21.4 Å². The van der Waals surface area contributed by atoms with Gasteiger partial charge in [-0.3, -0.25) is 4.90 Å². The summed E-state index contributed by atoms with van der Waals surface area (Å²) in [5.74, 6) is 0.726. The topological polar surface area (TPSA) is 53.1 Å². The molecule has 0 bridgehead atoms. The van der Waals surface area contributed by atoms with E-state index >= 15 is 0 Å². The Morgan fingerprint density at radius 3 is 2.52 bits per heavy atom. The van der Waals surface area contributed by atoms with E-state index in [4.69, 9.17) is 4.74 Å². The zero-order valence-electron chi connectivity index (χ0n) is 17.8. The zero-order chi connectivity index (χ0) is 20.5. The van der Waals surface area contributed by atoms with Crippen LogP contribution in [0.2, 0.25) is 0 Å². The molecule has 164 valence electrons. The van der Waals surface area contributed by atoms with Gasteiger partial charge < -0.3 is 9.64 Å². The minimum absolute atomic E-state index is 0.139. The van der Waals surface area contributed by atoms with Gasteiger partial charge in [-0.05, 0) is 43.0 Å². The summed E-state index contributed by atoms with van der Waals surface area (Å²) in [6.07, 6.45) is 3.76. The SMILES string of the molecule is CC(C)CN1CCN(C2CCOC3(CCN(S(=O)(=O)c4cccs4)CC3)C2)CC1. The van der Waals surface area contributed by atoms with Crippen LogP contribution in [0.15, 0.2) is 21.7 Å². The molecular weight excluding hydrogens is 406 g/mol. The number of piperidine rings is 1. The van der Waals surface area contributed by atoms with Crippen molar-refractivity contribution in [1.29, 1.82) is 0 Å². The third-order valence-corrected chi connectivity index (χ3v) is 10.0. The lowest BCUT2D eigenvalue weighted by Gasteiger charge is -2.49. The molecule has 3 aliphatic heterocycles. The maximum Gasteiger partial charge on any atom is 0.252 e. The molecule has 0 aliphatic carbocycles. The number of rotatable bonds is 5. The van der Waals surface area contributed by atoms with Crippen LogP contribution in [0, 0.1) is 5.92 Å². The molecule has 29 heavy (non-hydrogen) atoms. The van der Waals surface area contributed by atoms with E-state index in [2.05, 4.69) is 23.6 Å². The van der Waals surface area contributed by atoms with E-state index in [1.165, 1.54) is 17.9 Å². The number of nitrogens with zero attached hydrogens (tertiary/aromatic N) is 3. The fourth-order valence-electron chi connectivity index (χ4n) is 5.16. The first-order valence-corrected chi connectivity index (χ1v) is 13.3. The van der Waals surface area contributed by atoms with Crippen LogP contribution < -0.4 is 0 Å². The van der Waals surface area contributed by atoms with Crippen molar-refractivity contribution in [2.45, 2.75) is 55.4 Å². The molecule has 4 rings (SSSR count). The summed E-state index contributed by atoms with van der Waals surface area (Å²) < 4.78 is 34.0. The Hall–Kier alpha value is -0.510. The summed E-state index contributed by atoms with van der Waals surface area (Å²) in [6.45, 7) is 12.3. The summed E-state index contributed by atoms with van der Waals surface area (Å²) in [7, 11) is -3.34. The molecule has 6 nitrogen and oxygen atoms in total. The lowest BCUT2D eigenvalue weighted by Crippen LogP contribution is -2.57. The van der Waals surface area contributed by atoms with Crippen LogP contribution in [-0.4, -0.2) is 86.6 Å². The van der Waals surface area contributed by atoms with Crippen molar-refractivity contribution in [3.63, 3.8) is 0 Å². The Labute approximate surface area is 179 Å². The quantitative estimate of drug-likeness (QED) is 0.703. The predicted octanol–water partition coefficient (Wildman–Crippen LogP) is 2.72. The number of sulfonamides is 1. The first-order chi connectivity index (χ1) is 13.9. The molecule has 4 heterocycles. The standard InChI is InChI=1S/C21H35N3O3S2/c1-18(2)17-22-10-12-23(13-11-22)19-5-14-27-21(16-19)6-8-24(9-7-21)29(25,26)20-4-3-15-28-20/h3-4,15,18-19H,5-14,16-17H2,1-2H3. The van der Waals surface area contributed by atoms with E-state index < -0.39 is 10.0 Å². The lowest BCUT2D eigenvalue weighted by atomic mass is 9.82. The molecule has 3 fully saturated rings. The second-order valence-corrected chi connectivity index (χ2v) is 12.4. The van der Waals surface area contributed by atoms with Gasteiger partial charge in [0.05, 0.1) is 5.60 Å². The summed E-state index contributed by atoms with van der Waals surface area (Å²) in [5, 5.41) is 1.83. The monoisotopic (exact) mass is 441 g/mol. The summed E-state index contributed by atoms with van der Waals surface area (Å²) in [4.78, 5) is 5.25. The van der Waals surface area contributed by atoms with Gasteiger partial charge in [0.1, 0.15) is 4.21 Å². The molecule has 1 aromatic heterocycles. The van der Waals surface area contributed by atoms with Gasteiger partial charge in [0.15, 0.2) is 0 Å². The molecule has 8 heteroatoms. The van der Waals surface area contributed by atoms with Crippen LogP contribution in [0.4, 0.5) is 0 Å². The van der Waals surface area contributed by atoms with E-state index in [1.807, 2.05) is 5.38 Å². The Bertz CT molecular complexity index is 750. The van der Waals surface area contributed by atoms with E-state index in [1.54, 1.807) is 16.4 Å². The van der Waals surface area contributed by atoms with Gasteiger partial charge in [-0.1, -0.05) is 19.9 Å². The highest BCUT2D eigenvalue weighted by molar-refractivity contribution is 7.91. The normalized spacial score (nSPS) is 27.6. The predicted molar refractivity (Wildman–Crippen MR) is 117 cm³/mol. The van der Waals surface area contributed by atoms with Crippen molar-refractivity contribution < 1.29 is 13.2 Å². The van der Waals surface area contributed by atoms with Crippen LogP contribution >= 0.6 is 11.3 Å². The number of thiophene rings is 1. The Morgan fingerprint density at radius 1 is 1.17 bits per heavy atom. The van der Waals surface area contributed by atoms with Gasteiger partial charge in [0.25, 0.3) is 10.0 Å². The van der Waals surface area contributed by atoms with Gasteiger partial charge in [0.2, 0.25) is 0 Å². The first-order valence-electron chi connectivity index (χ1n) is 11.0. The van der Waals surface area contributed by atoms with Crippen molar-refractivity contribution in [1.82, 2.24) is 14.1 Å². The average molecular weight is 442 g/mol. The molecule has 1 spiro atoms. The molecule has 0 N–H and O–H groups in total. The van der Waals surface area contributed by atoms with Gasteiger partial charge in [-0.15, -0.1) is 11.3 Å². The summed E-state index contributed by atoms with van der Waals surface area (Å²) >= 11 is 1.30. The number of ether oxygens (including phenoxy) is 1. The van der Waals surface area contributed by atoms with Gasteiger partial charge >= 0.3 is 0 Å². The number of hydrogen-bond acceptors (Lipinski definition) is 6. The molecular formula is C21H35N3O3S2. The summed E-state index contributed by atoms with van der Waals surface area (Å²) in [5.41, 5.74) is -0.139. The highest BCUT2D eigenvalue weighted by Crippen LogP contribution is 2.38. The first kappa shape index (κ1) is 21.7. The van der Waals surface area contributed by atoms with Crippen LogP contribution in [0.5, 0.6) is 0 Å². The van der Waals surface area contributed by atoms with Crippen molar-refractivity contribution in [3.8, 4) is 0 Å². The second-order valence-electron chi connectivity index (χ2n) is 9.24. The molecule has 1 aromatic rings. The molecule has 1 atom stereocenters. The Balaban J connectivity index is 1.32. The van der Waals surface area contributed by atoms with Gasteiger partial charge in [-0.25, -0.2) is 8.42 Å². The molecule has 0 radical (unpaired) electrons. The highest BCUT2D eigenvalue weighted by Gasteiger charge is 2.44. The largest absolute Gasteiger partial charge is 0.375 e. The second kappa shape index (κ2) is 8.93. The molecule has 3 aliphatic rings. The molecule has 0 saturated carbocycles. The minimum Gasteiger partial charge on any atom is -0.375 e. The number of hydrogen-bond donors (Lipinski definition) is 0. The van der Waals surface area contributed by atoms with E-state index in [-0.39, 0.29) is 5.60 Å². The minimum atomic E-state index is -3.34. The van der Waals surface area contributed by atoms with Gasteiger partial charge in [0, 0.05) is 58.5 Å². The van der Waals surface area contributed by atoms with Crippen molar-refractivity contribution in [2.24, 2.45) is 5.92 Å². The third kappa shape index (κ3) is 4.88. The Morgan fingerprint density at radius 2 is 1.90 bits per heavy atom. The van der Waals surface area contributed by atoms with E-state index in [0.29, 0.717) is 23.3 Å². The highest BCUT2D eigenvalue weighted by atomic mass is 32.2. The summed E-state index contributed by atoms with van der Waals surface area (Å²) in [6, 6.07) is 4.08. The maximum absolute atomic E-state index is 12.8. The zero-order valence-corrected chi connectivity index (χ0v) is 19.4. The molecule has 1 unspecified atom stereocenters. The average Bonchev–Trinajstić information content (AvgIpc) is 3.24. The van der Waals surface area contributed by atoms with E-state index in [9.17, 15) is 8.42 Å². The smallest absolute Gasteiger partial charge is 0.252 e. The molecule has 0 aromatic carbocycles. The maximum atomic E-state index is 12.8. The lowest BCUT2D eigenvalue weighted by molar-refractivity contribution is -0.130. The van der Waals surface area contributed by atoms with Crippen LogP contribution in [0.25, 0.3) is 0 Å². The van der Waals surface area contributed by atoms with Crippen LogP contribution in [0.3, 0.4) is 0 Å². The van der Waals surface area contributed by atoms with Gasteiger partial charge in [-0.2, -0.15) is 4.31 Å². The fourth-order valence-corrected chi connectivity index (χ4v) is 7.75. The third-order valence-electron chi connectivity index (χ3n) is 6.74. The van der Waals surface area contributed by atoms with Crippen molar-refractivity contribution in [2.75, 3.05) is 52.4 Å². The molecule has 0 amide bonds. The molecule has 3 saturated heterocycles. The van der Waals surface area contributed by atoms with Crippen LogP contribution in [-0.2, 0) is 14.8 Å². The van der Waals surface area contributed by atoms with E-state index in [0.717, 1.165) is 64.4 Å². The number of piperazine rings is 1.